The van der Waals surface area contributed by atoms with Crippen molar-refractivity contribution in [3.8, 4) is 17.4 Å². The third-order valence-electron chi connectivity index (χ3n) is 6.36. The van der Waals surface area contributed by atoms with Crippen LogP contribution in [0.5, 0.6) is 0 Å². The zero-order chi connectivity index (χ0) is 24.7. The molecule has 1 aromatic carbocycles. The first-order valence-corrected chi connectivity index (χ1v) is 11.8. The molecule has 176 valence electrons. The van der Waals surface area contributed by atoms with E-state index in [0.29, 0.717) is 46.4 Å². The van der Waals surface area contributed by atoms with Gasteiger partial charge in [-0.05, 0) is 56.7 Å². The van der Waals surface area contributed by atoms with Crippen molar-refractivity contribution in [1.29, 1.82) is 5.26 Å². The van der Waals surface area contributed by atoms with Gasteiger partial charge in [0.05, 0.1) is 29.1 Å². The van der Waals surface area contributed by atoms with E-state index in [1.165, 1.54) is 0 Å². The molecule has 1 atom stereocenters. The molecule has 0 saturated carbocycles. The van der Waals surface area contributed by atoms with E-state index in [1.54, 1.807) is 25.4 Å². The molecule has 1 aliphatic heterocycles. The number of nitriles is 1. The molecular formula is C27H24ClN5O2. The van der Waals surface area contributed by atoms with Crippen molar-refractivity contribution in [1.82, 2.24) is 9.97 Å². The molecule has 5 rings (SSSR count). The van der Waals surface area contributed by atoms with E-state index in [0.717, 1.165) is 22.4 Å². The number of nitrogens with one attached hydrogen (secondary N) is 1. The molecule has 1 saturated heterocycles. The first-order valence-electron chi connectivity index (χ1n) is 11.4. The van der Waals surface area contributed by atoms with Gasteiger partial charge in [0.25, 0.3) is 0 Å². The lowest BCUT2D eigenvalue weighted by Crippen LogP contribution is -2.46. The second-order valence-electron chi connectivity index (χ2n) is 8.96. The summed E-state index contributed by atoms with van der Waals surface area (Å²) in [7, 11) is 0. The Morgan fingerprint density at radius 3 is 2.77 bits per heavy atom. The molecule has 1 fully saturated rings. The number of hydrogen-bond donors (Lipinski definition) is 1. The Bertz CT molecular complexity index is 1520. The molecule has 0 bridgehead atoms. The maximum absolute atomic E-state index is 13.3. The fraction of sp³-hybridized carbons (Fsp3) is 0.259. The van der Waals surface area contributed by atoms with Crippen LogP contribution in [0.3, 0.4) is 0 Å². The van der Waals surface area contributed by atoms with Crippen molar-refractivity contribution in [2.45, 2.75) is 26.8 Å². The molecular weight excluding hydrogens is 462 g/mol. The molecule has 3 aromatic heterocycles. The van der Waals surface area contributed by atoms with Gasteiger partial charge >= 0.3 is 0 Å². The van der Waals surface area contributed by atoms with Gasteiger partial charge in [-0.25, -0.2) is 4.98 Å². The lowest BCUT2D eigenvalue weighted by Gasteiger charge is -2.37. The van der Waals surface area contributed by atoms with Crippen LogP contribution in [0, 0.1) is 31.1 Å². The van der Waals surface area contributed by atoms with E-state index in [2.05, 4.69) is 21.4 Å². The molecule has 0 unspecified atom stereocenters. The highest BCUT2D eigenvalue weighted by atomic mass is 35.5. The number of pyridine rings is 2. The van der Waals surface area contributed by atoms with Crippen LogP contribution >= 0.6 is 11.6 Å². The maximum atomic E-state index is 13.3. The average Bonchev–Trinajstić information content (AvgIpc) is 2.82. The van der Waals surface area contributed by atoms with E-state index >= 15 is 0 Å². The minimum atomic E-state index is -0.209. The van der Waals surface area contributed by atoms with Crippen molar-refractivity contribution < 1.29 is 4.42 Å². The van der Waals surface area contributed by atoms with Crippen LogP contribution in [0.1, 0.15) is 29.7 Å². The predicted octanol–water partition coefficient (Wildman–Crippen LogP) is 5.65. The predicted molar refractivity (Wildman–Crippen MR) is 138 cm³/mol. The summed E-state index contributed by atoms with van der Waals surface area (Å²) in [5.74, 6) is 1.22. The second-order valence-corrected chi connectivity index (χ2v) is 9.35. The fourth-order valence-electron chi connectivity index (χ4n) is 4.48. The topological polar surface area (TPSA) is 95.1 Å². The molecule has 0 spiro atoms. The Kier molecular flexibility index (Phi) is 5.91. The number of nitrogens with zero attached hydrogens (tertiary/aromatic N) is 4. The van der Waals surface area contributed by atoms with Gasteiger partial charge in [0.2, 0.25) is 0 Å². The molecule has 1 aliphatic rings. The van der Waals surface area contributed by atoms with E-state index in [-0.39, 0.29) is 17.4 Å². The van der Waals surface area contributed by atoms with E-state index in [4.69, 9.17) is 21.3 Å². The monoisotopic (exact) mass is 485 g/mol. The summed E-state index contributed by atoms with van der Waals surface area (Å²) in [5.41, 5.74) is 4.43. The molecule has 4 aromatic rings. The Labute approximate surface area is 208 Å². The van der Waals surface area contributed by atoms with Crippen LogP contribution in [-0.4, -0.2) is 23.1 Å². The number of anilines is 2. The highest BCUT2D eigenvalue weighted by Gasteiger charge is 2.30. The Morgan fingerprint density at radius 1 is 1.26 bits per heavy atom. The molecule has 0 radical (unpaired) electrons. The van der Waals surface area contributed by atoms with Crippen molar-refractivity contribution >= 4 is 34.1 Å². The molecule has 0 amide bonds. The van der Waals surface area contributed by atoms with Gasteiger partial charge in [0.15, 0.2) is 11.2 Å². The Morgan fingerprint density at radius 2 is 2.06 bits per heavy atom. The number of aryl methyl sites for hydroxylation is 1. The minimum Gasteiger partial charge on any atom is -0.455 e. The van der Waals surface area contributed by atoms with Crippen LogP contribution in [0.2, 0.25) is 5.15 Å². The minimum absolute atomic E-state index is 0.00909. The van der Waals surface area contributed by atoms with Gasteiger partial charge in [-0.15, -0.1) is 0 Å². The summed E-state index contributed by atoms with van der Waals surface area (Å²) >= 11 is 6.19. The van der Waals surface area contributed by atoms with Crippen molar-refractivity contribution in [3.05, 3.63) is 80.9 Å². The Hall–Kier alpha value is -3.89. The number of halogens is 1. The molecule has 7 nitrogen and oxygen atoms in total. The number of benzene rings is 1. The Balaban J connectivity index is 1.58. The quantitative estimate of drug-likeness (QED) is 0.365. The van der Waals surface area contributed by atoms with Crippen molar-refractivity contribution in [3.63, 3.8) is 0 Å². The number of aromatic nitrogens is 2. The number of fused-ring (bicyclic) bond motifs is 1. The molecule has 0 aliphatic carbocycles. The summed E-state index contributed by atoms with van der Waals surface area (Å²) in [5, 5.41) is 13.6. The first-order chi connectivity index (χ1) is 16.9. The van der Waals surface area contributed by atoms with Crippen LogP contribution in [-0.2, 0) is 0 Å². The highest BCUT2D eigenvalue weighted by molar-refractivity contribution is 6.29. The van der Waals surface area contributed by atoms with Crippen molar-refractivity contribution in [2.75, 3.05) is 23.3 Å². The largest absolute Gasteiger partial charge is 0.455 e. The fourth-order valence-corrected chi connectivity index (χ4v) is 4.63. The zero-order valence-electron chi connectivity index (χ0n) is 19.7. The van der Waals surface area contributed by atoms with Gasteiger partial charge in [-0.2, -0.15) is 5.26 Å². The zero-order valence-corrected chi connectivity index (χ0v) is 20.4. The molecule has 1 N–H and O–H groups in total. The number of hydrogen-bond acceptors (Lipinski definition) is 7. The van der Waals surface area contributed by atoms with Gasteiger partial charge in [0.1, 0.15) is 16.5 Å². The highest BCUT2D eigenvalue weighted by Crippen LogP contribution is 2.36. The third kappa shape index (κ3) is 4.22. The van der Waals surface area contributed by atoms with Gasteiger partial charge in [0, 0.05) is 42.2 Å². The number of rotatable bonds is 5. The molecule has 35 heavy (non-hydrogen) atoms. The van der Waals surface area contributed by atoms with E-state index in [1.807, 2.05) is 49.1 Å². The van der Waals surface area contributed by atoms with Gasteiger partial charge in [-0.3, -0.25) is 9.78 Å². The molecule has 4 heterocycles. The van der Waals surface area contributed by atoms with Crippen molar-refractivity contribution in [2.24, 2.45) is 5.92 Å². The van der Waals surface area contributed by atoms with Crippen LogP contribution < -0.4 is 15.6 Å². The van der Waals surface area contributed by atoms with Crippen LogP contribution in [0.4, 0.5) is 11.5 Å². The molecule has 8 heteroatoms. The standard InChI is InChI=1S/C27H24ClN5O2/c1-15-9-20(17(3)31-22-6-7-23(28)32-27(22)33-13-18(11-29)14-33)26-21(10-15)24(34)16(2)25(35-26)19-5-4-8-30-12-19/h4-10,12,17-18,31H,13-14H2,1-3H3/t17-/m1/s1. The lowest BCUT2D eigenvalue weighted by atomic mass is 9.99. The second kappa shape index (κ2) is 9.05. The SMILES string of the molecule is Cc1cc([C@@H](C)Nc2ccc(Cl)nc2N2CC(C#N)C2)c2oc(-c3cccnc3)c(C)c(=O)c2c1. The first kappa shape index (κ1) is 22.9. The smallest absolute Gasteiger partial charge is 0.196 e. The van der Waals surface area contributed by atoms with E-state index in [9.17, 15) is 4.79 Å². The summed E-state index contributed by atoms with van der Waals surface area (Å²) in [4.78, 5) is 24.1. The summed E-state index contributed by atoms with van der Waals surface area (Å²) < 4.78 is 6.40. The van der Waals surface area contributed by atoms with Gasteiger partial charge in [-0.1, -0.05) is 17.7 Å². The van der Waals surface area contributed by atoms with Crippen LogP contribution in [0.15, 0.2) is 58.0 Å². The van der Waals surface area contributed by atoms with E-state index < -0.39 is 0 Å². The maximum Gasteiger partial charge on any atom is 0.196 e. The average molecular weight is 486 g/mol. The van der Waals surface area contributed by atoms with Gasteiger partial charge < -0.3 is 14.6 Å². The third-order valence-corrected chi connectivity index (χ3v) is 6.57. The normalized spacial score (nSPS) is 14.4. The summed E-state index contributed by atoms with van der Waals surface area (Å²) in [6, 6.07) is 13.3. The lowest BCUT2D eigenvalue weighted by molar-refractivity contribution is 0.500. The summed E-state index contributed by atoms with van der Waals surface area (Å²) in [6.45, 7) is 7.00. The summed E-state index contributed by atoms with van der Waals surface area (Å²) in [6.07, 6.45) is 3.38. The van der Waals surface area contributed by atoms with Crippen LogP contribution in [0.25, 0.3) is 22.3 Å².